The number of carboxylic acid groups (broad SMARTS) is 2. The Labute approximate surface area is 536 Å². The van der Waals surface area contributed by atoms with E-state index in [9.17, 15) is 54.3 Å². The molecule has 0 saturated heterocycles. The second-order valence-electron chi connectivity index (χ2n) is 26.0. The van der Waals surface area contributed by atoms with Crippen LogP contribution >= 0.6 is 23.2 Å². The molecule has 2 aromatic rings. The number of halogens is 2. The molecule has 0 radical (unpaired) electrons. The Kier molecular flexibility index (Phi) is 21.2. The van der Waals surface area contributed by atoms with Crippen molar-refractivity contribution in [2.75, 3.05) is 5.88 Å². The molecule has 7 fully saturated rings. The number of hydrogen-bond donors (Lipinski definition) is 3. The van der Waals surface area contributed by atoms with Gasteiger partial charge in [-0.25, -0.2) is 4.79 Å². The molecule has 0 amide bonds. The van der Waals surface area contributed by atoms with E-state index >= 15 is 0 Å². The monoisotopic (exact) mass is 1190 g/mol. The molecule has 8 aliphatic carbocycles. The van der Waals surface area contributed by atoms with E-state index in [4.69, 9.17) is 37.1 Å². The number of carboxylic acids is 2. The minimum absolute atomic E-state index is 0. The third-order valence-electron chi connectivity index (χ3n) is 22.0. The zero-order chi connectivity index (χ0) is 58.9. The first kappa shape index (κ1) is 68.3. The first-order chi connectivity index (χ1) is 37.4. The molecule has 7 saturated carbocycles. The molecule has 2 heterocycles. The number of aromatic carboxylic acids is 1. The number of Topliss-reactive ketones (excluding diaryl/α,β-unsaturated/α-hetero) is 1. The van der Waals surface area contributed by atoms with Crippen LogP contribution in [0.1, 0.15) is 167 Å². The molecule has 438 valence electrons. The molecule has 0 bridgehead atoms. The van der Waals surface area contributed by atoms with Gasteiger partial charge in [0.1, 0.15) is 17.8 Å². The van der Waals surface area contributed by atoms with Crippen LogP contribution in [-0.2, 0) is 28.7 Å². The topological polar surface area (TPSA) is 254 Å². The van der Waals surface area contributed by atoms with Gasteiger partial charge in [0, 0.05) is 23.7 Å². The smallest absolute Gasteiger partial charge is 0.545 e. The molecule has 82 heavy (non-hydrogen) atoms. The standard InChI is InChI=1S/C31H48O6.C27H30Cl2O6.C5H4O3.2Na/c1-17(2)9-8-10-20(28(35)36)26-22-15-24(34)27-29(5)13-12-23(33)18(3)21(29)11-14-30(27,6)31(22,7)16-25(26)37-19(4)32;1-15-11-19-18-7-6-16-12-17(30)8-9-24(16,2)26(18,29)21(31)13-25(19,3)27(15,22(32)14-28)35-23(33)20-5-4-10-34-20;6-5(7)4-2-1-3-8-4;;/h9,18,21-25,27,33-34H,8,10-16H2,1-7H3,(H,35,36);4-5,8-10,12,15,18-19,21,31H,6-7,11,13-14H2,1-3H3;1-3H,(H,6,7);;/q;;;2*+1/p-2/t18-,21?,22+,23+,24+,25-,27?,29-,30-,31-;15-,18+,19+,21+,24+,25+,26?,27+;;;/m01.../s1. The Morgan fingerprint density at radius 3 is 2.02 bits per heavy atom. The maximum absolute atomic E-state index is 13.6. The van der Waals surface area contributed by atoms with Crippen LogP contribution in [0.25, 0.3) is 0 Å². The fourth-order valence-corrected chi connectivity index (χ4v) is 19.0. The Hall–Kier alpha value is -2.80. The predicted molar refractivity (Wildman–Crippen MR) is 293 cm³/mol. The Morgan fingerprint density at radius 2 is 1.46 bits per heavy atom. The van der Waals surface area contributed by atoms with Crippen LogP contribution in [0, 0.1) is 68.5 Å². The summed E-state index contributed by atoms with van der Waals surface area (Å²) >= 11 is 13.6. The first-order valence-electron chi connectivity index (χ1n) is 28.5. The van der Waals surface area contributed by atoms with Gasteiger partial charge in [-0.15, -0.1) is 23.2 Å². The van der Waals surface area contributed by atoms with Crippen molar-refractivity contribution in [2.45, 2.75) is 181 Å². The molecule has 0 aliphatic heterocycles. The van der Waals surface area contributed by atoms with Crippen molar-refractivity contribution in [3.8, 4) is 0 Å². The van der Waals surface area contributed by atoms with E-state index < -0.39 is 63.5 Å². The van der Waals surface area contributed by atoms with Crippen LogP contribution in [0.2, 0.25) is 0 Å². The number of aliphatic carboxylic acids is 1. The van der Waals surface area contributed by atoms with Crippen LogP contribution in [-0.4, -0.2) is 91.5 Å². The van der Waals surface area contributed by atoms with Crippen LogP contribution in [0.15, 0.2) is 92.2 Å². The number of furan rings is 2. The number of carbonyl (C=O) groups excluding carboxylic acids is 6. The summed E-state index contributed by atoms with van der Waals surface area (Å²) in [5, 5.41) is 56.6. The number of ketones is 2. The van der Waals surface area contributed by atoms with Gasteiger partial charge in [-0.3, -0.25) is 14.4 Å². The number of fused-ring (bicyclic) bond motifs is 10. The minimum atomic E-state index is -1.53. The number of rotatable bonds is 10. The van der Waals surface area contributed by atoms with E-state index in [-0.39, 0.29) is 158 Å². The molecule has 10 rings (SSSR count). The van der Waals surface area contributed by atoms with E-state index in [0.717, 1.165) is 36.8 Å². The largest absolute Gasteiger partial charge is 1.00 e. The molecular formula is C63H80Cl2Na2O15. The maximum Gasteiger partial charge on any atom is 1.00 e. The maximum atomic E-state index is 13.6. The van der Waals surface area contributed by atoms with Gasteiger partial charge in [0.2, 0.25) is 5.76 Å². The average Bonchev–Trinajstić information content (AvgIpc) is 2.29. The summed E-state index contributed by atoms with van der Waals surface area (Å²) in [7, 11) is 0. The number of ether oxygens (including phenoxy) is 2. The fraction of sp³-hybridized carbons (Fsp3) is 0.651. The summed E-state index contributed by atoms with van der Waals surface area (Å²) in [6.45, 7) is 20.2. The fourth-order valence-electron chi connectivity index (χ4n) is 18.3. The number of alkyl halides is 2. The molecule has 0 aromatic carbocycles. The van der Waals surface area contributed by atoms with Crippen LogP contribution < -0.4 is 69.3 Å². The van der Waals surface area contributed by atoms with E-state index in [1.54, 1.807) is 12.1 Å². The van der Waals surface area contributed by atoms with Gasteiger partial charge >= 0.3 is 71.1 Å². The van der Waals surface area contributed by atoms with E-state index in [2.05, 4.69) is 32.1 Å². The van der Waals surface area contributed by atoms with Gasteiger partial charge in [0.05, 0.1) is 47.6 Å². The molecule has 2 aromatic heterocycles. The Morgan fingerprint density at radius 1 is 0.817 bits per heavy atom. The molecule has 15 nitrogen and oxygen atoms in total. The van der Waals surface area contributed by atoms with E-state index in [1.165, 1.54) is 43.7 Å². The van der Waals surface area contributed by atoms with Crippen molar-refractivity contribution in [1.82, 2.24) is 0 Å². The number of allylic oxidation sites excluding steroid dienone is 6. The molecule has 8 aliphatic rings. The summed E-state index contributed by atoms with van der Waals surface area (Å²) in [5.74, 6) is -4.79. The van der Waals surface area contributed by atoms with Crippen molar-refractivity contribution in [3.63, 3.8) is 0 Å². The average molecular weight is 1190 g/mol. The van der Waals surface area contributed by atoms with Crippen LogP contribution in [0.4, 0.5) is 0 Å². The van der Waals surface area contributed by atoms with Gasteiger partial charge in [0.25, 0.3) is 0 Å². The zero-order valence-corrected chi connectivity index (χ0v) is 55.3. The molecule has 3 N–H and O–H groups in total. The third-order valence-corrected chi connectivity index (χ3v) is 23.1. The molecule has 0 spiro atoms. The summed E-state index contributed by atoms with van der Waals surface area (Å²) in [5.41, 5.74) is -0.888. The molecule has 3 unspecified atom stereocenters. The molecular weight excluding hydrogens is 1110 g/mol. The number of hydrogen-bond acceptors (Lipinski definition) is 15. The van der Waals surface area contributed by atoms with Gasteiger partial charge in [-0.2, -0.15) is 0 Å². The summed E-state index contributed by atoms with van der Waals surface area (Å²) in [6.07, 6.45) is 14.6. The third kappa shape index (κ3) is 11.2. The van der Waals surface area contributed by atoms with Crippen molar-refractivity contribution in [3.05, 3.63) is 94.9 Å². The van der Waals surface area contributed by atoms with Crippen molar-refractivity contribution in [1.29, 1.82) is 0 Å². The second-order valence-corrected chi connectivity index (χ2v) is 26.8. The predicted octanol–water partition coefficient (Wildman–Crippen LogP) is 2.85. The zero-order valence-electron chi connectivity index (χ0n) is 49.8. The Balaban J connectivity index is 0.000000227. The normalized spacial score (nSPS) is 40.6. The van der Waals surface area contributed by atoms with E-state index in [0.29, 0.717) is 56.4 Å². The van der Waals surface area contributed by atoms with Gasteiger partial charge in [0.15, 0.2) is 17.2 Å². The number of aliphatic hydroxyl groups excluding tert-OH is 3. The Bertz CT molecular complexity index is 2860. The summed E-state index contributed by atoms with van der Waals surface area (Å²) < 4.78 is 21.6. The number of aliphatic hydroxyl groups is 3. The minimum Gasteiger partial charge on any atom is -0.545 e. The van der Waals surface area contributed by atoms with Gasteiger partial charge in [-0.05, 0) is 190 Å². The van der Waals surface area contributed by atoms with E-state index in [1.807, 2.05) is 46.8 Å². The summed E-state index contributed by atoms with van der Waals surface area (Å²) in [4.78, 5) is 72.3. The quantitative estimate of drug-likeness (QED) is 0.102. The summed E-state index contributed by atoms with van der Waals surface area (Å²) in [6, 6.07) is 5.89. The van der Waals surface area contributed by atoms with Crippen molar-refractivity contribution < 1.29 is 132 Å². The molecule has 18 atom stereocenters. The first-order valence-corrected chi connectivity index (χ1v) is 29.4. The van der Waals surface area contributed by atoms with Crippen molar-refractivity contribution >= 4 is 58.6 Å². The van der Waals surface area contributed by atoms with Gasteiger partial charge < -0.3 is 53.4 Å². The van der Waals surface area contributed by atoms with Gasteiger partial charge in [-0.1, -0.05) is 71.8 Å². The number of carbonyl (C=O) groups is 6. The second kappa shape index (κ2) is 25.5. The van der Waals surface area contributed by atoms with Crippen molar-refractivity contribution in [2.24, 2.45) is 68.5 Å². The van der Waals surface area contributed by atoms with Crippen LogP contribution in [0.3, 0.4) is 0 Å². The number of esters is 2. The SMILES string of the molecule is CC(=O)O[C@H]1C[C@@]2(C)[C@H](C[C@@H](O)C3[C@@]4(C)CC[C@@H](O)[C@@H](C)C4CC[C@@]32C)C1=C(CCC=C(C)C)C(=O)[O-].C[C@@H]1C[C@H]2[C@@H]3CCC4=CC(=O)C=C[C@]4(C)C3(Cl)[C@@H](O)C[C@]2(C)[C@@]1(OC(=O)c1ccco1)C(=O)CCl.O=C([O-])c1ccco1.[Na+].[Na+]. The van der Waals surface area contributed by atoms with Crippen LogP contribution in [0.5, 0.6) is 0 Å². The molecule has 19 heteroatoms.